The van der Waals surface area contributed by atoms with Gasteiger partial charge in [0.1, 0.15) is 5.82 Å². The fourth-order valence-corrected chi connectivity index (χ4v) is 1.91. The molecular weight excluding hydrogens is 323 g/mol. The molecule has 0 spiro atoms. The first kappa shape index (κ1) is 10.5. The fourth-order valence-electron chi connectivity index (χ4n) is 1.17. The molecule has 1 aromatic heterocycles. The van der Waals surface area contributed by atoms with Gasteiger partial charge in [-0.25, -0.2) is 4.98 Å². The van der Waals surface area contributed by atoms with Gasteiger partial charge in [0.25, 0.3) is 0 Å². The van der Waals surface area contributed by atoms with Crippen molar-refractivity contribution in [3.63, 3.8) is 0 Å². The van der Waals surface area contributed by atoms with Gasteiger partial charge in [-0.05, 0) is 46.9 Å². The van der Waals surface area contributed by atoms with Crippen LogP contribution in [0.2, 0.25) is 0 Å². The number of nitrogens with two attached hydrogens (primary N) is 1. The van der Waals surface area contributed by atoms with E-state index in [-0.39, 0.29) is 10.7 Å². The maximum absolute atomic E-state index is 5.56. The number of halogens is 1. The molecule has 0 aliphatic carbocycles. The molecule has 0 saturated carbocycles. The van der Waals surface area contributed by atoms with Gasteiger partial charge in [0, 0.05) is 9.13 Å². The normalized spacial score (nSPS) is 10.2. The van der Waals surface area contributed by atoms with Gasteiger partial charge in [-0.1, -0.05) is 12.1 Å². The molecule has 0 saturated heterocycles. The summed E-state index contributed by atoms with van der Waals surface area (Å²) in [6, 6.07) is 7.89. The molecule has 0 aliphatic rings. The van der Waals surface area contributed by atoms with E-state index in [0.29, 0.717) is 5.82 Å². The Balaban J connectivity index is 2.59. The predicted molar refractivity (Wildman–Crippen MR) is 69.8 cm³/mol. The predicted octanol–water partition coefficient (Wildman–Crippen LogP) is 2.39. The number of benzene rings is 1. The van der Waals surface area contributed by atoms with Crippen LogP contribution in [0.5, 0.6) is 0 Å². The van der Waals surface area contributed by atoms with Crippen LogP contribution in [0.3, 0.4) is 0 Å². The van der Waals surface area contributed by atoms with Crippen LogP contribution in [0, 0.1) is 8.34 Å². The summed E-state index contributed by atoms with van der Waals surface area (Å²) in [6.07, 6.45) is 0. The van der Waals surface area contributed by atoms with Gasteiger partial charge in [-0.3, -0.25) is 0 Å². The molecule has 1 heterocycles. The van der Waals surface area contributed by atoms with E-state index in [1.165, 1.54) is 0 Å². The van der Waals surface area contributed by atoms with E-state index < -0.39 is 0 Å². The van der Waals surface area contributed by atoms with Crippen molar-refractivity contribution >= 4 is 40.8 Å². The Morgan fingerprint density at radius 2 is 2.13 bits per heavy atom. The second-order valence-electron chi connectivity index (χ2n) is 2.88. The summed E-state index contributed by atoms with van der Waals surface area (Å²) in [5, 5.41) is 0. The van der Waals surface area contributed by atoms with E-state index in [9.17, 15) is 0 Å². The molecule has 3 N–H and O–H groups in total. The molecule has 1 aromatic carbocycles. The van der Waals surface area contributed by atoms with Gasteiger partial charge < -0.3 is 10.7 Å². The molecule has 0 atom stereocenters. The summed E-state index contributed by atoms with van der Waals surface area (Å²) >= 11 is 7.13. The zero-order chi connectivity index (χ0) is 10.8. The number of aromatic nitrogens is 3. The molecule has 0 aliphatic heterocycles. The SMILES string of the molecule is Nc1nc(=S)nc(-c2cccc(I)c2)[nH]1. The molecule has 4 nitrogen and oxygen atoms in total. The Bertz CT molecular complexity index is 552. The highest BCUT2D eigenvalue weighted by atomic mass is 127. The van der Waals surface area contributed by atoms with Gasteiger partial charge in [0.05, 0.1) is 0 Å². The number of nitrogen functional groups attached to an aromatic ring is 1. The first-order valence-electron chi connectivity index (χ1n) is 4.15. The molecule has 0 radical (unpaired) electrons. The molecule has 0 unspecified atom stereocenters. The highest BCUT2D eigenvalue weighted by Gasteiger charge is 2.01. The second-order valence-corrected chi connectivity index (χ2v) is 4.49. The summed E-state index contributed by atoms with van der Waals surface area (Å²) in [5.41, 5.74) is 6.51. The third kappa shape index (κ3) is 2.51. The van der Waals surface area contributed by atoms with Gasteiger partial charge in [-0.15, -0.1) is 0 Å². The quantitative estimate of drug-likeness (QED) is 0.622. The topological polar surface area (TPSA) is 67.6 Å². The van der Waals surface area contributed by atoms with E-state index in [0.717, 1.165) is 9.13 Å². The third-order valence-corrected chi connectivity index (χ3v) is 2.62. The smallest absolute Gasteiger partial charge is 0.224 e. The first-order valence-corrected chi connectivity index (χ1v) is 5.63. The zero-order valence-electron chi connectivity index (χ0n) is 7.57. The average Bonchev–Trinajstić information content (AvgIpc) is 2.16. The van der Waals surface area contributed by atoms with E-state index in [4.69, 9.17) is 18.0 Å². The first-order chi connectivity index (χ1) is 7.15. The molecule has 15 heavy (non-hydrogen) atoms. The lowest BCUT2D eigenvalue weighted by atomic mass is 10.2. The Hall–Kier alpha value is -1.02. The van der Waals surface area contributed by atoms with Gasteiger partial charge in [-0.2, -0.15) is 4.98 Å². The third-order valence-electron chi connectivity index (χ3n) is 1.77. The van der Waals surface area contributed by atoms with Crippen LogP contribution in [0.4, 0.5) is 5.95 Å². The molecule has 0 fully saturated rings. The number of nitrogens with zero attached hydrogens (tertiary/aromatic N) is 2. The minimum atomic E-state index is 0.250. The van der Waals surface area contributed by atoms with Crippen molar-refractivity contribution in [2.24, 2.45) is 0 Å². The summed E-state index contributed by atoms with van der Waals surface area (Å²) in [4.78, 5) is 10.8. The van der Waals surface area contributed by atoms with Crippen LogP contribution in [0.15, 0.2) is 24.3 Å². The van der Waals surface area contributed by atoms with E-state index in [1.807, 2.05) is 24.3 Å². The van der Waals surface area contributed by atoms with Gasteiger partial charge in [0.15, 0.2) is 0 Å². The minimum absolute atomic E-state index is 0.250. The molecule has 2 rings (SSSR count). The van der Waals surface area contributed by atoms with Crippen LogP contribution in [0.1, 0.15) is 0 Å². The Morgan fingerprint density at radius 3 is 2.80 bits per heavy atom. The van der Waals surface area contributed by atoms with Crippen molar-refractivity contribution in [3.05, 3.63) is 32.6 Å². The lowest BCUT2D eigenvalue weighted by Crippen LogP contribution is -1.99. The number of aromatic amines is 1. The standard InChI is InChI=1S/C9H7IN4S/c10-6-3-1-2-5(4-6)7-12-8(11)14-9(15)13-7/h1-4H,(H3,11,12,13,14,15). The molecule has 0 amide bonds. The summed E-state index contributed by atoms with van der Waals surface area (Å²) < 4.78 is 1.38. The van der Waals surface area contributed by atoms with E-state index in [1.54, 1.807) is 0 Å². The summed E-state index contributed by atoms with van der Waals surface area (Å²) in [5.74, 6) is 0.926. The highest BCUT2D eigenvalue weighted by molar-refractivity contribution is 14.1. The van der Waals surface area contributed by atoms with Crippen molar-refractivity contribution in [1.82, 2.24) is 15.0 Å². The monoisotopic (exact) mass is 330 g/mol. The number of H-pyrrole nitrogens is 1. The number of nitrogens with one attached hydrogen (secondary N) is 1. The second kappa shape index (κ2) is 4.23. The van der Waals surface area contributed by atoms with Crippen LogP contribution < -0.4 is 5.73 Å². The van der Waals surface area contributed by atoms with Crippen molar-refractivity contribution in [2.75, 3.05) is 5.73 Å². The fraction of sp³-hybridized carbons (Fsp3) is 0. The zero-order valence-corrected chi connectivity index (χ0v) is 10.5. The van der Waals surface area contributed by atoms with Crippen LogP contribution in [-0.4, -0.2) is 15.0 Å². The number of hydrogen-bond donors (Lipinski definition) is 2. The van der Waals surface area contributed by atoms with Gasteiger partial charge >= 0.3 is 0 Å². The average molecular weight is 330 g/mol. The molecule has 76 valence electrons. The lowest BCUT2D eigenvalue weighted by Gasteiger charge is -2.02. The molecule has 2 aromatic rings. The molecular formula is C9H7IN4S. The number of hydrogen-bond acceptors (Lipinski definition) is 4. The summed E-state index contributed by atoms with van der Waals surface area (Å²) in [7, 11) is 0. The van der Waals surface area contributed by atoms with Crippen molar-refractivity contribution in [3.8, 4) is 11.4 Å². The Morgan fingerprint density at radius 1 is 1.33 bits per heavy atom. The molecule has 0 bridgehead atoms. The van der Waals surface area contributed by atoms with E-state index >= 15 is 0 Å². The van der Waals surface area contributed by atoms with Crippen molar-refractivity contribution in [2.45, 2.75) is 0 Å². The van der Waals surface area contributed by atoms with Crippen LogP contribution >= 0.6 is 34.8 Å². The lowest BCUT2D eigenvalue weighted by molar-refractivity contribution is 1.05. The maximum atomic E-state index is 5.56. The minimum Gasteiger partial charge on any atom is -0.369 e. The van der Waals surface area contributed by atoms with Crippen LogP contribution in [-0.2, 0) is 0 Å². The van der Waals surface area contributed by atoms with Crippen LogP contribution in [0.25, 0.3) is 11.4 Å². The maximum Gasteiger partial charge on any atom is 0.224 e. The Labute approximate surface area is 105 Å². The number of anilines is 1. The highest BCUT2D eigenvalue weighted by Crippen LogP contribution is 2.17. The van der Waals surface area contributed by atoms with E-state index in [2.05, 4.69) is 37.5 Å². The summed E-state index contributed by atoms with van der Waals surface area (Å²) in [6.45, 7) is 0. The van der Waals surface area contributed by atoms with Crippen molar-refractivity contribution in [1.29, 1.82) is 0 Å². The largest absolute Gasteiger partial charge is 0.369 e. The Kier molecular flexibility index (Phi) is 2.96. The van der Waals surface area contributed by atoms with Crippen molar-refractivity contribution < 1.29 is 0 Å². The van der Waals surface area contributed by atoms with Gasteiger partial charge in [0.2, 0.25) is 10.7 Å². The number of rotatable bonds is 1. The molecule has 6 heteroatoms.